The molecular weight excluding hydrogens is 287 g/mol. The lowest BCUT2D eigenvalue weighted by Crippen LogP contribution is -2.45. The molecule has 120 valence electrons. The Morgan fingerprint density at radius 1 is 1.41 bits per heavy atom. The minimum Gasteiger partial charge on any atom is -0.447 e. The molecule has 1 heterocycles. The number of amides is 2. The van der Waals surface area contributed by atoms with E-state index < -0.39 is 11.9 Å². The van der Waals surface area contributed by atoms with Crippen LogP contribution in [-0.4, -0.2) is 24.1 Å². The maximum Gasteiger partial charge on any atom is 0.407 e. The largest absolute Gasteiger partial charge is 0.447 e. The summed E-state index contributed by atoms with van der Waals surface area (Å²) in [6.07, 6.45) is -0.274. The standard InChI is InChI=1S/C16H21FN2O3/c1-9(2)22-16(21)18-14-7-10(3)19(11(4)20)15-6-5-12(17)8-13(14)15/h5-6,8-10,14H,7H2,1-4H3,(H,18,21)/t10-,14+/m0/s1. The summed E-state index contributed by atoms with van der Waals surface area (Å²) in [4.78, 5) is 25.3. The van der Waals surface area contributed by atoms with Crippen LogP contribution in [0.3, 0.4) is 0 Å². The van der Waals surface area contributed by atoms with Crippen molar-refractivity contribution in [2.75, 3.05) is 4.90 Å². The number of rotatable bonds is 2. The predicted octanol–water partition coefficient (Wildman–Crippen LogP) is 3.15. The molecule has 0 unspecified atom stereocenters. The number of hydrogen-bond donors (Lipinski definition) is 1. The van der Waals surface area contributed by atoms with Crippen LogP contribution in [0, 0.1) is 5.82 Å². The Kier molecular flexibility index (Phi) is 4.68. The highest BCUT2D eigenvalue weighted by Gasteiger charge is 2.33. The van der Waals surface area contributed by atoms with E-state index in [9.17, 15) is 14.0 Å². The maximum absolute atomic E-state index is 13.6. The second kappa shape index (κ2) is 6.34. The van der Waals surface area contributed by atoms with Gasteiger partial charge in [0.25, 0.3) is 0 Å². The Bertz CT molecular complexity index is 589. The van der Waals surface area contributed by atoms with Crippen LogP contribution in [0.4, 0.5) is 14.9 Å². The van der Waals surface area contributed by atoms with Crippen LogP contribution in [0.5, 0.6) is 0 Å². The zero-order valence-corrected chi connectivity index (χ0v) is 13.2. The van der Waals surface area contributed by atoms with Gasteiger partial charge in [-0.3, -0.25) is 4.79 Å². The molecule has 1 aliphatic heterocycles. The zero-order chi connectivity index (χ0) is 16.4. The number of benzene rings is 1. The van der Waals surface area contributed by atoms with Gasteiger partial charge >= 0.3 is 6.09 Å². The molecule has 0 saturated carbocycles. The van der Waals surface area contributed by atoms with Gasteiger partial charge in [-0.2, -0.15) is 0 Å². The highest BCUT2D eigenvalue weighted by Crippen LogP contribution is 2.37. The van der Waals surface area contributed by atoms with Crippen molar-refractivity contribution >= 4 is 17.7 Å². The number of nitrogens with zero attached hydrogens (tertiary/aromatic N) is 1. The highest BCUT2D eigenvalue weighted by atomic mass is 19.1. The van der Waals surface area contributed by atoms with Crippen molar-refractivity contribution in [3.8, 4) is 0 Å². The average Bonchev–Trinajstić information content (AvgIpc) is 2.37. The lowest BCUT2D eigenvalue weighted by Gasteiger charge is -2.39. The normalized spacial score (nSPS) is 20.5. The van der Waals surface area contributed by atoms with Gasteiger partial charge in [-0.15, -0.1) is 0 Å². The molecule has 2 amide bonds. The van der Waals surface area contributed by atoms with Crippen molar-refractivity contribution in [3.63, 3.8) is 0 Å². The minimum absolute atomic E-state index is 0.0974. The summed E-state index contributed by atoms with van der Waals surface area (Å²) in [5, 5.41) is 2.76. The molecule has 0 radical (unpaired) electrons. The molecule has 0 fully saturated rings. The molecule has 0 saturated heterocycles. The first kappa shape index (κ1) is 16.3. The van der Waals surface area contributed by atoms with Gasteiger partial charge in [-0.05, 0) is 45.4 Å². The van der Waals surface area contributed by atoms with Crippen molar-refractivity contribution in [2.24, 2.45) is 0 Å². The van der Waals surface area contributed by atoms with Crippen molar-refractivity contribution in [3.05, 3.63) is 29.6 Å². The third-order valence-electron chi connectivity index (χ3n) is 3.62. The predicted molar refractivity (Wildman–Crippen MR) is 81.1 cm³/mol. The van der Waals surface area contributed by atoms with Gasteiger partial charge in [0.15, 0.2) is 0 Å². The summed E-state index contributed by atoms with van der Waals surface area (Å²) < 4.78 is 18.7. The Hall–Kier alpha value is -2.11. The van der Waals surface area contributed by atoms with Crippen molar-refractivity contribution < 1.29 is 18.7 Å². The van der Waals surface area contributed by atoms with E-state index >= 15 is 0 Å². The van der Waals surface area contributed by atoms with Gasteiger partial charge < -0.3 is 15.0 Å². The third-order valence-corrected chi connectivity index (χ3v) is 3.62. The van der Waals surface area contributed by atoms with Crippen molar-refractivity contribution in [1.29, 1.82) is 0 Å². The van der Waals surface area contributed by atoms with Crippen LogP contribution >= 0.6 is 0 Å². The molecule has 1 aromatic rings. The van der Waals surface area contributed by atoms with Crippen LogP contribution in [0.2, 0.25) is 0 Å². The highest BCUT2D eigenvalue weighted by molar-refractivity contribution is 5.93. The number of nitrogens with one attached hydrogen (secondary N) is 1. The number of fused-ring (bicyclic) bond motifs is 1. The fourth-order valence-corrected chi connectivity index (χ4v) is 2.84. The molecule has 2 rings (SSSR count). The number of anilines is 1. The summed E-state index contributed by atoms with van der Waals surface area (Å²) >= 11 is 0. The van der Waals surface area contributed by atoms with E-state index in [1.54, 1.807) is 24.8 Å². The molecular formula is C16H21FN2O3. The number of halogens is 1. The lowest BCUT2D eigenvalue weighted by molar-refractivity contribution is -0.117. The van der Waals surface area contributed by atoms with Gasteiger partial charge in [0.05, 0.1) is 12.1 Å². The Morgan fingerprint density at radius 2 is 2.09 bits per heavy atom. The molecule has 0 aliphatic carbocycles. The molecule has 1 aromatic carbocycles. The van der Waals surface area contributed by atoms with E-state index in [-0.39, 0.29) is 24.1 Å². The Morgan fingerprint density at radius 3 is 2.68 bits per heavy atom. The minimum atomic E-state index is -0.543. The smallest absolute Gasteiger partial charge is 0.407 e. The van der Waals surface area contributed by atoms with Crippen LogP contribution < -0.4 is 10.2 Å². The topological polar surface area (TPSA) is 58.6 Å². The van der Waals surface area contributed by atoms with Gasteiger partial charge in [-0.1, -0.05) is 0 Å². The summed E-state index contributed by atoms with van der Waals surface area (Å²) in [6, 6.07) is 3.76. The van der Waals surface area contributed by atoms with E-state index in [0.29, 0.717) is 17.7 Å². The molecule has 1 N–H and O–H groups in total. The van der Waals surface area contributed by atoms with E-state index in [4.69, 9.17) is 4.74 Å². The number of ether oxygens (including phenoxy) is 1. The zero-order valence-electron chi connectivity index (χ0n) is 13.2. The molecule has 0 aromatic heterocycles. The Labute approximate surface area is 129 Å². The number of carbonyl (C=O) groups excluding carboxylic acids is 2. The Balaban J connectivity index is 2.33. The molecule has 5 nitrogen and oxygen atoms in total. The first-order valence-electron chi connectivity index (χ1n) is 7.36. The van der Waals surface area contributed by atoms with E-state index in [0.717, 1.165) is 0 Å². The van der Waals surface area contributed by atoms with E-state index in [1.165, 1.54) is 19.1 Å². The summed E-state index contributed by atoms with van der Waals surface area (Å²) in [5.74, 6) is -0.510. The SMILES string of the molecule is CC(=O)N1c2ccc(F)cc2[C@H](NC(=O)OC(C)C)C[C@@H]1C. The van der Waals surface area contributed by atoms with E-state index in [1.807, 2.05) is 6.92 Å². The summed E-state index contributed by atoms with van der Waals surface area (Å²) in [6.45, 7) is 6.89. The monoisotopic (exact) mass is 308 g/mol. The fourth-order valence-electron chi connectivity index (χ4n) is 2.84. The van der Waals surface area contributed by atoms with Gasteiger partial charge in [0.2, 0.25) is 5.91 Å². The first-order valence-corrected chi connectivity index (χ1v) is 7.36. The van der Waals surface area contributed by atoms with Crippen LogP contribution in [0.1, 0.15) is 45.7 Å². The maximum atomic E-state index is 13.6. The van der Waals surface area contributed by atoms with Crippen molar-refractivity contribution in [2.45, 2.75) is 52.3 Å². The lowest BCUT2D eigenvalue weighted by atomic mass is 9.91. The second-order valence-electron chi connectivity index (χ2n) is 5.83. The van der Waals surface area contributed by atoms with Crippen LogP contribution in [0.25, 0.3) is 0 Å². The molecule has 1 aliphatic rings. The quantitative estimate of drug-likeness (QED) is 0.913. The van der Waals surface area contributed by atoms with E-state index in [2.05, 4.69) is 5.32 Å². The summed E-state index contributed by atoms with van der Waals surface area (Å²) in [5.41, 5.74) is 1.22. The number of carbonyl (C=O) groups is 2. The van der Waals surface area contributed by atoms with Gasteiger partial charge in [0, 0.05) is 24.2 Å². The average molecular weight is 308 g/mol. The third kappa shape index (κ3) is 3.37. The van der Waals surface area contributed by atoms with Crippen LogP contribution in [-0.2, 0) is 9.53 Å². The molecule has 6 heteroatoms. The number of alkyl carbamates (subject to hydrolysis) is 1. The molecule has 2 atom stereocenters. The van der Waals surface area contributed by atoms with Crippen LogP contribution in [0.15, 0.2) is 18.2 Å². The molecule has 0 spiro atoms. The molecule has 22 heavy (non-hydrogen) atoms. The van der Waals surface area contributed by atoms with Crippen molar-refractivity contribution in [1.82, 2.24) is 5.32 Å². The number of hydrogen-bond acceptors (Lipinski definition) is 3. The summed E-state index contributed by atoms with van der Waals surface area (Å²) in [7, 11) is 0. The second-order valence-corrected chi connectivity index (χ2v) is 5.83. The fraction of sp³-hybridized carbons (Fsp3) is 0.500. The molecule has 0 bridgehead atoms. The van der Waals surface area contributed by atoms with Gasteiger partial charge in [0.1, 0.15) is 5.82 Å². The van der Waals surface area contributed by atoms with Gasteiger partial charge in [-0.25, -0.2) is 9.18 Å². The first-order chi connectivity index (χ1) is 10.3.